The van der Waals surface area contributed by atoms with Gasteiger partial charge < -0.3 is 44.1 Å². The summed E-state index contributed by atoms with van der Waals surface area (Å²) in [5.41, 5.74) is 7.81. The van der Waals surface area contributed by atoms with Gasteiger partial charge in [0.25, 0.3) is 0 Å². The number of esters is 1. The molecule has 0 saturated carbocycles. The summed E-state index contributed by atoms with van der Waals surface area (Å²) in [6.07, 6.45) is 0. The van der Waals surface area contributed by atoms with Crippen LogP contribution in [0, 0.1) is 13.8 Å². The molecule has 5 N–H and O–H groups in total. The number of aromatic hydroxyl groups is 1. The number of carboxylic acid groups (broad SMARTS) is 2. The smallest absolute Gasteiger partial charge is 0.342 e. The standard InChI is InChI=1S/C11H11NO3.C9H7NO3.C7H7NO3.C7H16O2/c1-3-14-11(13)8-5-4-6-9-10(8)15-7(2)12-9;1-5-10-7-4-2-3-6(9(11)12)8(7)13-5;8-5-3-1-2-4(6(5)9)7(10)11;1-5-8-7(3,4)9-6-2/h4-6H,3H2,1-2H3;2-4H,1H3,(H,11,12);1-3,9H,8H2,(H,10,11);5-6H2,1-4H3. The Morgan fingerprint density at radius 2 is 1.17 bits per heavy atom. The minimum atomic E-state index is -1.19. The molecule has 48 heavy (non-hydrogen) atoms. The van der Waals surface area contributed by atoms with E-state index in [1.165, 1.54) is 24.3 Å². The molecule has 0 atom stereocenters. The third-order valence-electron chi connectivity index (χ3n) is 6.05. The van der Waals surface area contributed by atoms with Crippen LogP contribution in [-0.4, -0.2) is 68.8 Å². The van der Waals surface area contributed by atoms with Gasteiger partial charge in [-0.05, 0) is 71.0 Å². The van der Waals surface area contributed by atoms with Gasteiger partial charge in [0, 0.05) is 27.1 Å². The third kappa shape index (κ3) is 11.1. The summed E-state index contributed by atoms with van der Waals surface area (Å²) < 4.78 is 25.9. The maximum atomic E-state index is 11.6. The fraction of sp³-hybridized carbons (Fsp3) is 0.324. The highest BCUT2D eigenvalue weighted by atomic mass is 16.7. The Morgan fingerprint density at radius 1 is 0.729 bits per heavy atom. The van der Waals surface area contributed by atoms with Crippen LogP contribution in [0.5, 0.6) is 5.75 Å². The molecule has 258 valence electrons. The highest BCUT2D eigenvalue weighted by molar-refractivity contribution is 6.01. The molecule has 0 spiro atoms. The summed E-state index contributed by atoms with van der Waals surface area (Å²) in [6, 6.07) is 14.3. The average molecular weight is 668 g/mol. The lowest BCUT2D eigenvalue weighted by molar-refractivity contribution is -0.207. The van der Waals surface area contributed by atoms with Crippen molar-refractivity contribution in [1.82, 2.24) is 9.97 Å². The van der Waals surface area contributed by atoms with Crippen LogP contribution in [0.25, 0.3) is 22.2 Å². The van der Waals surface area contributed by atoms with Crippen LogP contribution in [0.2, 0.25) is 0 Å². The zero-order chi connectivity index (χ0) is 36.0. The third-order valence-corrected chi connectivity index (χ3v) is 6.05. The normalized spacial score (nSPS) is 10.6. The van der Waals surface area contributed by atoms with Gasteiger partial charge in [-0.3, -0.25) is 0 Å². The zero-order valence-electron chi connectivity index (χ0n) is 27.9. The number of rotatable bonds is 8. The van der Waals surface area contributed by atoms with Gasteiger partial charge in [0.2, 0.25) is 0 Å². The highest BCUT2D eigenvalue weighted by Crippen LogP contribution is 2.24. The fourth-order valence-corrected chi connectivity index (χ4v) is 4.13. The van der Waals surface area contributed by atoms with E-state index in [1.807, 2.05) is 27.7 Å². The Labute approximate surface area is 277 Å². The quantitative estimate of drug-likeness (QED) is 0.0592. The number of fused-ring (bicyclic) bond motifs is 2. The van der Waals surface area contributed by atoms with Crippen LogP contribution in [-0.2, 0) is 14.2 Å². The summed E-state index contributed by atoms with van der Waals surface area (Å²) in [7, 11) is 0. The molecule has 2 aromatic heterocycles. The molecule has 0 aliphatic heterocycles. The van der Waals surface area contributed by atoms with Crippen molar-refractivity contribution < 1.29 is 52.7 Å². The number of para-hydroxylation sites is 3. The molecule has 0 aliphatic rings. The van der Waals surface area contributed by atoms with Crippen molar-refractivity contribution >= 4 is 45.8 Å². The molecule has 3 aromatic carbocycles. The maximum Gasteiger partial charge on any atom is 0.342 e. The number of nitrogens with zero attached hydrogens (tertiary/aromatic N) is 2. The first-order chi connectivity index (χ1) is 22.6. The largest absolute Gasteiger partial charge is 0.505 e. The lowest BCUT2D eigenvalue weighted by atomic mass is 10.2. The van der Waals surface area contributed by atoms with Gasteiger partial charge in [0.15, 0.2) is 34.5 Å². The van der Waals surface area contributed by atoms with Crippen molar-refractivity contribution in [3.8, 4) is 5.75 Å². The number of oxazole rings is 2. The van der Waals surface area contributed by atoms with E-state index in [0.717, 1.165) is 0 Å². The number of aryl methyl sites for hydroxylation is 2. The Hall–Kier alpha value is -5.47. The van der Waals surface area contributed by atoms with E-state index in [-0.39, 0.29) is 28.5 Å². The molecule has 0 radical (unpaired) electrons. The second-order valence-corrected chi connectivity index (χ2v) is 10.1. The average Bonchev–Trinajstić information content (AvgIpc) is 3.59. The number of benzene rings is 3. The minimum absolute atomic E-state index is 0.0740. The highest BCUT2D eigenvalue weighted by Gasteiger charge is 2.16. The van der Waals surface area contributed by atoms with E-state index in [9.17, 15) is 14.4 Å². The number of carbonyl (C=O) groups is 3. The summed E-state index contributed by atoms with van der Waals surface area (Å²) in [6.45, 7) is 14.7. The number of phenols is 1. The Bertz CT molecular complexity index is 1820. The number of hydrogen-bond acceptors (Lipinski definition) is 12. The molecule has 14 heteroatoms. The number of aromatic carboxylic acids is 2. The molecule has 0 unspecified atom stereocenters. The molecule has 0 saturated heterocycles. The van der Waals surface area contributed by atoms with E-state index in [1.54, 1.807) is 51.1 Å². The van der Waals surface area contributed by atoms with Crippen LogP contribution in [0.1, 0.15) is 77.5 Å². The predicted octanol–water partition coefficient (Wildman–Crippen LogP) is 6.62. The summed E-state index contributed by atoms with van der Waals surface area (Å²) in [4.78, 5) is 40.8. The van der Waals surface area contributed by atoms with Crippen LogP contribution < -0.4 is 5.73 Å². The van der Waals surface area contributed by atoms with Crippen molar-refractivity contribution in [2.45, 2.75) is 54.3 Å². The van der Waals surface area contributed by atoms with Crippen molar-refractivity contribution in [2.24, 2.45) is 0 Å². The number of carbonyl (C=O) groups excluding carboxylic acids is 1. The number of aromatic nitrogens is 2. The number of nitrogens with two attached hydrogens (primary N) is 1. The number of carboxylic acids is 2. The van der Waals surface area contributed by atoms with Crippen molar-refractivity contribution in [2.75, 3.05) is 25.6 Å². The Balaban J connectivity index is 0.000000227. The van der Waals surface area contributed by atoms with Crippen LogP contribution in [0.3, 0.4) is 0 Å². The zero-order valence-corrected chi connectivity index (χ0v) is 27.9. The molecule has 0 bridgehead atoms. The van der Waals surface area contributed by atoms with Gasteiger partial charge in [0.05, 0.1) is 12.3 Å². The molecule has 5 aromatic rings. The van der Waals surface area contributed by atoms with Crippen molar-refractivity contribution in [1.29, 1.82) is 0 Å². The van der Waals surface area contributed by atoms with Gasteiger partial charge in [-0.1, -0.05) is 18.2 Å². The summed E-state index contributed by atoms with van der Waals surface area (Å²) in [5, 5.41) is 26.3. The molecule has 0 aliphatic carbocycles. The molecule has 14 nitrogen and oxygen atoms in total. The van der Waals surface area contributed by atoms with E-state index in [4.69, 9.17) is 44.1 Å². The van der Waals surface area contributed by atoms with E-state index >= 15 is 0 Å². The number of hydrogen-bond donors (Lipinski definition) is 4. The molecule has 0 amide bonds. The van der Waals surface area contributed by atoms with E-state index in [0.29, 0.717) is 59.4 Å². The minimum Gasteiger partial charge on any atom is -0.505 e. The molecular weight excluding hydrogens is 626 g/mol. The number of anilines is 1. The first kappa shape index (κ1) is 38.7. The fourth-order valence-electron chi connectivity index (χ4n) is 4.13. The molecule has 5 rings (SSSR count). The predicted molar refractivity (Wildman–Crippen MR) is 177 cm³/mol. The maximum absolute atomic E-state index is 11.6. The van der Waals surface area contributed by atoms with Gasteiger partial charge >= 0.3 is 17.9 Å². The summed E-state index contributed by atoms with van der Waals surface area (Å²) in [5.74, 6) is -2.31. The second kappa shape index (κ2) is 18.0. The van der Waals surface area contributed by atoms with Gasteiger partial charge in [-0.15, -0.1) is 0 Å². The summed E-state index contributed by atoms with van der Waals surface area (Å²) >= 11 is 0. The lowest BCUT2D eigenvalue weighted by Crippen LogP contribution is -2.28. The van der Waals surface area contributed by atoms with Crippen LogP contribution in [0.15, 0.2) is 63.4 Å². The van der Waals surface area contributed by atoms with Gasteiger partial charge in [0.1, 0.15) is 27.7 Å². The first-order valence-corrected chi connectivity index (χ1v) is 14.9. The number of ether oxygens (including phenoxy) is 3. The Morgan fingerprint density at radius 3 is 1.60 bits per heavy atom. The molecule has 0 fully saturated rings. The van der Waals surface area contributed by atoms with E-state index in [2.05, 4.69) is 9.97 Å². The molecule has 2 heterocycles. The van der Waals surface area contributed by atoms with Crippen LogP contribution in [0.4, 0.5) is 5.69 Å². The van der Waals surface area contributed by atoms with Gasteiger partial charge in [-0.2, -0.15) is 0 Å². The Kier molecular flexibility index (Phi) is 14.5. The second-order valence-electron chi connectivity index (χ2n) is 10.1. The monoisotopic (exact) mass is 667 g/mol. The lowest BCUT2D eigenvalue weighted by Gasteiger charge is -2.23. The molecular formula is C34H41N3O11. The van der Waals surface area contributed by atoms with E-state index < -0.39 is 17.7 Å². The van der Waals surface area contributed by atoms with Crippen LogP contribution >= 0.6 is 0 Å². The number of nitrogen functional groups attached to an aromatic ring is 1. The van der Waals surface area contributed by atoms with Crippen molar-refractivity contribution in [3.05, 3.63) is 83.1 Å². The topological polar surface area (TPSA) is 218 Å². The van der Waals surface area contributed by atoms with Gasteiger partial charge in [-0.25, -0.2) is 24.4 Å². The van der Waals surface area contributed by atoms with Crippen molar-refractivity contribution in [3.63, 3.8) is 0 Å². The SMILES string of the molecule is CCOC(=O)c1cccc2nc(C)oc12.CCOC(C)(C)OCC.Cc1nc2cccc(C(=O)O)c2o1.Nc1cccc(C(=O)O)c1O. The first-order valence-electron chi connectivity index (χ1n) is 14.9.